The minimum absolute atomic E-state index is 0.532. The summed E-state index contributed by atoms with van der Waals surface area (Å²) in [6.45, 7) is 3.18. The summed E-state index contributed by atoms with van der Waals surface area (Å²) in [7, 11) is 0. The Kier molecular flexibility index (Phi) is 5.01. The van der Waals surface area contributed by atoms with Gasteiger partial charge in [0.1, 0.15) is 0 Å². The molecule has 1 aliphatic heterocycles. The van der Waals surface area contributed by atoms with E-state index in [4.69, 9.17) is 16.3 Å². The van der Waals surface area contributed by atoms with Gasteiger partial charge in [0.2, 0.25) is 0 Å². The molecule has 1 rings (SSSR count). The second-order valence-corrected chi connectivity index (χ2v) is 4.13. The van der Waals surface area contributed by atoms with Crippen molar-refractivity contribution in [2.45, 2.75) is 45.1 Å². The topological polar surface area (TPSA) is 9.23 Å². The van der Waals surface area contributed by atoms with Crippen molar-refractivity contribution in [3.63, 3.8) is 0 Å². The van der Waals surface area contributed by atoms with Crippen LogP contribution < -0.4 is 0 Å². The minimum atomic E-state index is 0.532. The fourth-order valence-electron chi connectivity index (χ4n) is 1.58. The zero-order valence-electron chi connectivity index (χ0n) is 7.89. The van der Waals surface area contributed by atoms with Crippen LogP contribution in [0.4, 0.5) is 0 Å². The van der Waals surface area contributed by atoms with Gasteiger partial charge in [-0.15, -0.1) is 11.6 Å². The van der Waals surface area contributed by atoms with Crippen LogP contribution in [-0.2, 0) is 4.74 Å². The maximum absolute atomic E-state index is 5.73. The van der Waals surface area contributed by atoms with E-state index in [9.17, 15) is 0 Å². The molecule has 1 nitrogen and oxygen atoms in total. The molecule has 0 aromatic rings. The van der Waals surface area contributed by atoms with Crippen LogP contribution in [-0.4, -0.2) is 18.6 Å². The van der Waals surface area contributed by atoms with Crippen LogP contribution in [0.2, 0.25) is 0 Å². The molecule has 12 heavy (non-hydrogen) atoms. The highest BCUT2D eigenvalue weighted by atomic mass is 35.5. The lowest BCUT2D eigenvalue weighted by molar-refractivity contribution is 0.00838. The van der Waals surface area contributed by atoms with Crippen molar-refractivity contribution in [2.75, 3.05) is 12.5 Å². The molecule has 1 heterocycles. The van der Waals surface area contributed by atoms with Crippen molar-refractivity contribution < 1.29 is 4.74 Å². The summed E-state index contributed by atoms with van der Waals surface area (Å²) >= 11 is 5.73. The first-order valence-corrected chi connectivity index (χ1v) is 5.54. The highest BCUT2D eigenvalue weighted by Crippen LogP contribution is 2.19. The van der Waals surface area contributed by atoms with Gasteiger partial charge in [0.15, 0.2) is 0 Å². The number of halogens is 1. The third kappa shape index (κ3) is 3.77. The van der Waals surface area contributed by atoms with Crippen LogP contribution in [0, 0.1) is 5.92 Å². The lowest BCUT2D eigenvalue weighted by Crippen LogP contribution is -2.19. The van der Waals surface area contributed by atoms with Gasteiger partial charge in [-0.2, -0.15) is 0 Å². The molecule has 0 aromatic carbocycles. The Hall–Kier alpha value is 0.250. The molecule has 0 radical (unpaired) electrons. The van der Waals surface area contributed by atoms with E-state index in [1.807, 2.05) is 0 Å². The van der Waals surface area contributed by atoms with Crippen molar-refractivity contribution in [1.29, 1.82) is 0 Å². The van der Waals surface area contributed by atoms with E-state index in [-0.39, 0.29) is 0 Å². The Morgan fingerprint density at radius 3 is 2.92 bits per heavy atom. The number of hydrogen-bond acceptors (Lipinski definition) is 1. The van der Waals surface area contributed by atoms with Gasteiger partial charge in [-0.3, -0.25) is 0 Å². The fraction of sp³-hybridized carbons (Fsp3) is 1.00. The summed E-state index contributed by atoms with van der Waals surface area (Å²) in [5.41, 5.74) is 0. The highest BCUT2D eigenvalue weighted by molar-refractivity contribution is 6.18. The van der Waals surface area contributed by atoms with Gasteiger partial charge >= 0.3 is 0 Å². The van der Waals surface area contributed by atoms with E-state index >= 15 is 0 Å². The van der Waals surface area contributed by atoms with E-state index in [2.05, 4.69) is 6.92 Å². The smallest absolute Gasteiger partial charge is 0.0575 e. The molecular formula is C10H19ClO. The normalized spacial score (nSPS) is 27.0. The average Bonchev–Trinajstić information content (AvgIpc) is 2.16. The van der Waals surface area contributed by atoms with Gasteiger partial charge < -0.3 is 4.74 Å². The van der Waals surface area contributed by atoms with Gasteiger partial charge in [0.05, 0.1) is 6.10 Å². The zero-order valence-corrected chi connectivity index (χ0v) is 8.65. The quantitative estimate of drug-likeness (QED) is 0.619. The number of ether oxygens (including phenoxy) is 1. The van der Waals surface area contributed by atoms with Gasteiger partial charge in [-0.05, 0) is 38.0 Å². The van der Waals surface area contributed by atoms with Crippen molar-refractivity contribution in [3.8, 4) is 0 Å². The number of hydrogen-bond donors (Lipinski definition) is 0. The van der Waals surface area contributed by atoms with Crippen LogP contribution in [0.5, 0.6) is 0 Å². The predicted octanol–water partition coefficient (Wildman–Crippen LogP) is 3.21. The summed E-state index contributed by atoms with van der Waals surface area (Å²) in [5.74, 6) is 1.43. The van der Waals surface area contributed by atoms with Crippen LogP contribution >= 0.6 is 11.6 Å². The van der Waals surface area contributed by atoms with Crippen molar-refractivity contribution in [2.24, 2.45) is 5.92 Å². The number of alkyl halides is 1. The second kappa shape index (κ2) is 5.82. The summed E-state index contributed by atoms with van der Waals surface area (Å²) in [6.07, 6.45) is 6.81. The third-order valence-corrected chi connectivity index (χ3v) is 3.05. The van der Waals surface area contributed by atoms with E-state index < -0.39 is 0 Å². The van der Waals surface area contributed by atoms with Gasteiger partial charge in [-0.25, -0.2) is 0 Å². The van der Waals surface area contributed by atoms with E-state index in [0.717, 1.165) is 12.5 Å². The van der Waals surface area contributed by atoms with Crippen LogP contribution in [0.25, 0.3) is 0 Å². The summed E-state index contributed by atoms with van der Waals surface area (Å²) in [6, 6.07) is 0. The Bertz CT molecular complexity index is 110. The Balaban J connectivity index is 2.05. The fourth-order valence-corrected chi connectivity index (χ4v) is 1.74. The summed E-state index contributed by atoms with van der Waals surface area (Å²) < 4.78 is 5.63. The molecule has 0 amide bonds. The zero-order chi connectivity index (χ0) is 8.81. The third-order valence-electron chi connectivity index (χ3n) is 2.52. The molecule has 2 heteroatoms. The molecule has 1 fully saturated rings. The van der Waals surface area contributed by atoms with E-state index in [1.165, 1.54) is 32.1 Å². The molecule has 0 saturated carbocycles. The van der Waals surface area contributed by atoms with E-state index in [1.54, 1.807) is 0 Å². The van der Waals surface area contributed by atoms with E-state index in [0.29, 0.717) is 12.0 Å². The molecule has 1 saturated heterocycles. The molecule has 2 unspecified atom stereocenters. The Morgan fingerprint density at radius 1 is 1.50 bits per heavy atom. The molecular weight excluding hydrogens is 172 g/mol. The van der Waals surface area contributed by atoms with Gasteiger partial charge in [0.25, 0.3) is 0 Å². The van der Waals surface area contributed by atoms with Crippen molar-refractivity contribution >= 4 is 11.6 Å². The average molecular weight is 191 g/mol. The van der Waals surface area contributed by atoms with Crippen molar-refractivity contribution in [3.05, 3.63) is 0 Å². The standard InChI is InChI=1S/C10H19ClO/c1-9(8-11)5-6-10-4-2-3-7-12-10/h9-10H,2-8H2,1H3. The molecule has 0 N–H and O–H groups in total. The largest absolute Gasteiger partial charge is 0.378 e. The first-order chi connectivity index (χ1) is 5.83. The predicted molar refractivity (Wildman–Crippen MR) is 52.7 cm³/mol. The maximum atomic E-state index is 5.73. The molecule has 0 aromatic heterocycles. The summed E-state index contributed by atoms with van der Waals surface area (Å²) in [5, 5.41) is 0. The second-order valence-electron chi connectivity index (χ2n) is 3.83. The van der Waals surface area contributed by atoms with Gasteiger partial charge in [0, 0.05) is 12.5 Å². The van der Waals surface area contributed by atoms with Gasteiger partial charge in [-0.1, -0.05) is 6.92 Å². The first-order valence-electron chi connectivity index (χ1n) is 5.00. The van der Waals surface area contributed by atoms with Crippen molar-refractivity contribution in [1.82, 2.24) is 0 Å². The minimum Gasteiger partial charge on any atom is -0.378 e. The molecule has 0 aliphatic carbocycles. The maximum Gasteiger partial charge on any atom is 0.0575 e. The summed E-state index contributed by atoms with van der Waals surface area (Å²) in [4.78, 5) is 0. The molecule has 0 spiro atoms. The van der Waals surface area contributed by atoms with Crippen LogP contribution in [0.1, 0.15) is 39.0 Å². The first kappa shape index (κ1) is 10.3. The lowest BCUT2D eigenvalue weighted by Gasteiger charge is -2.23. The van der Waals surface area contributed by atoms with Crippen LogP contribution in [0.15, 0.2) is 0 Å². The number of rotatable bonds is 4. The lowest BCUT2D eigenvalue weighted by atomic mass is 10.00. The molecule has 0 bridgehead atoms. The highest BCUT2D eigenvalue weighted by Gasteiger charge is 2.14. The molecule has 2 atom stereocenters. The molecule has 1 aliphatic rings. The van der Waals surface area contributed by atoms with Crippen LogP contribution in [0.3, 0.4) is 0 Å². The molecule has 72 valence electrons. The Labute approximate surface area is 80.4 Å². The monoisotopic (exact) mass is 190 g/mol. The SMILES string of the molecule is CC(CCl)CCC1CCCCO1. The Morgan fingerprint density at radius 2 is 2.33 bits per heavy atom.